The van der Waals surface area contributed by atoms with Crippen molar-refractivity contribution >= 4 is 38.8 Å². The van der Waals surface area contributed by atoms with E-state index in [1.807, 2.05) is 34.7 Å². The van der Waals surface area contributed by atoms with Crippen molar-refractivity contribution in [3.05, 3.63) is 51.2 Å². The van der Waals surface area contributed by atoms with Crippen molar-refractivity contribution < 1.29 is 4.79 Å². The van der Waals surface area contributed by atoms with Crippen LogP contribution in [0.4, 0.5) is 0 Å². The largest absolute Gasteiger partial charge is 0.337 e. The SMILES string of the molecule is C/C=C/C(=O)N1CCN(Cc2nc3scc(-c4cccs4)c3c(=O)[nH]2)CC1. The van der Waals surface area contributed by atoms with Crippen LogP contribution in [0.1, 0.15) is 12.7 Å². The lowest BCUT2D eigenvalue weighted by molar-refractivity contribution is -0.127. The van der Waals surface area contributed by atoms with Crippen LogP contribution in [0.15, 0.2) is 39.8 Å². The van der Waals surface area contributed by atoms with Crippen LogP contribution in [-0.2, 0) is 11.3 Å². The van der Waals surface area contributed by atoms with Gasteiger partial charge in [0.1, 0.15) is 10.7 Å². The van der Waals surface area contributed by atoms with Gasteiger partial charge in [0, 0.05) is 42.0 Å². The molecule has 4 heterocycles. The number of fused-ring (bicyclic) bond motifs is 1. The third-order valence-electron chi connectivity index (χ3n) is 4.65. The summed E-state index contributed by atoms with van der Waals surface area (Å²) in [6.07, 6.45) is 3.37. The summed E-state index contributed by atoms with van der Waals surface area (Å²) in [5, 5.41) is 4.69. The van der Waals surface area contributed by atoms with Gasteiger partial charge in [0.2, 0.25) is 5.91 Å². The molecular formula is C19H20N4O2S2. The van der Waals surface area contributed by atoms with Gasteiger partial charge in [-0.2, -0.15) is 0 Å². The smallest absolute Gasteiger partial charge is 0.260 e. The lowest BCUT2D eigenvalue weighted by Crippen LogP contribution is -2.48. The van der Waals surface area contributed by atoms with Crippen LogP contribution in [-0.4, -0.2) is 51.9 Å². The molecule has 1 aliphatic heterocycles. The van der Waals surface area contributed by atoms with Gasteiger partial charge < -0.3 is 9.88 Å². The molecule has 0 radical (unpaired) electrons. The molecule has 1 N–H and O–H groups in total. The van der Waals surface area contributed by atoms with Crippen LogP contribution in [0.3, 0.4) is 0 Å². The van der Waals surface area contributed by atoms with Crippen LogP contribution in [0.25, 0.3) is 20.7 Å². The van der Waals surface area contributed by atoms with Crippen LogP contribution in [0.5, 0.6) is 0 Å². The van der Waals surface area contributed by atoms with Crippen molar-refractivity contribution in [3.8, 4) is 10.4 Å². The number of aromatic nitrogens is 2. The van der Waals surface area contributed by atoms with E-state index in [2.05, 4.69) is 14.9 Å². The molecule has 4 rings (SSSR count). The molecule has 0 saturated carbocycles. The van der Waals surface area contributed by atoms with Crippen molar-refractivity contribution in [1.29, 1.82) is 0 Å². The maximum atomic E-state index is 12.7. The van der Waals surface area contributed by atoms with Crippen molar-refractivity contribution in [2.24, 2.45) is 0 Å². The molecule has 0 bridgehead atoms. The molecule has 0 unspecified atom stereocenters. The topological polar surface area (TPSA) is 69.3 Å². The van der Waals surface area contributed by atoms with Crippen molar-refractivity contribution in [2.75, 3.05) is 26.2 Å². The molecule has 140 valence electrons. The van der Waals surface area contributed by atoms with E-state index in [4.69, 9.17) is 0 Å². The molecule has 0 aliphatic carbocycles. The molecule has 8 heteroatoms. The summed E-state index contributed by atoms with van der Waals surface area (Å²) in [4.78, 5) is 38.1. The Morgan fingerprint density at radius 3 is 2.81 bits per heavy atom. The maximum Gasteiger partial charge on any atom is 0.260 e. The number of allylic oxidation sites excluding steroid dienone is 1. The molecule has 1 aliphatic rings. The van der Waals surface area contributed by atoms with Gasteiger partial charge in [-0.25, -0.2) is 4.98 Å². The number of rotatable bonds is 4. The third kappa shape index (κ3) is 3.73. The van der Waals surface area contributed by atoms with E-state index < -0.39 is 0 Å². The monoisotopic (exact) mass is 400 g/mol. The van der Waals surface area contributed by atoms with E-state index in [9.17, 15) is 9.59 Å². The Kier molecular flexibility index (Phi) is 5.20. The number of carbonyl (C=O) groups excluding carboxylic acids is 1. The van der Waals surface area contributed by atoms with E-state index >= 15 is 0 Å². The summed E-state index contributed by atoms with van der Waals surface area (Å²) in [6, 6.07) is 4.01. The van der Waals surface area contributed by atoms with Gasteiger partial charge in [0.25, 0.3) is 5.56 Å². The Morgan fingerprint density at radius 2 is 2.11 bits per heavy atom. The van der Waals surface area contributed by atoms with E-state index in [-0.39, 0.29) is 11.5 Å². The fourth-order valence-corrected chi connectivity index (χ4v) is 5.05. The third-order valence-corrected chi connectivity index (χ3v) is 6.42. The first kappa shape index (κ1) is 18.1. The number of nitrogens with zero attached hydrogens (tertiary/aromatic N) is 3. The van der Waals surface area contributed by atoms with E-state index in [0.29, 0.717) is 30.8 Å². The zero-order valence-electron chi connectivity index (χ0n) is 15.0. The van der Waals surface area contributed by atoms with Gasteiger partial charge in [-0.1, -0.05) is 12.1 Å². The molecule has 27 heavy (non-hydrogen) atoms. The van der Waals surface area contributed by atoms with E-state index in [0.717, 1.165) is 28.4 Å². The van der Waals surface area contributed by atoms with Crippen LogP contribution in [0, 0.1) is 0 Å². The number of hydrogen-bond donors (Lipinski definition) is 1. The highest BCUT2D eigenvalue weighted by Crippen LogP contribution is 2.33. The minimum absolute atomic E-state index is 0.0600. The summed E-state index contributed by atoms with van der Waals surface area (Å²) in [5.74, 6) is 0.741. The standard InChI is InChI=1S/C19H20N4O2S2/c1-2-4-16(24)23-8-6-22(7-9-23)11-15-20-18(25)17-13(12-27-19(17)21-15)14-5-3-10-26-14/h2-5,10,12H,6-9,11H2,1H3,(H,20,21,25)/b4-2+. The number of hydrogen-bond acceptors (Lipinski definition) is 6. The molecule has 1 saturated heterocycles. The number of amides is 1. The summed E-state index contributed by atoms with van der Waals surface area (Å²) >= 11 is 3.13. The Labute approximate surface area is 164 Å². The minimum atomic E-state index is -0.0819. The highest BCUT2D eigenvalue weighted by molar-refractivity contribution is 7.18. The first-order valence-corrected chi connectivity index (χ1v) is 10.6. The fourth-order valence-electron chi connectivity index (χ4n) is 3.27. The van der Waals surface area contributed by atoms with Crippen molar-refractivity contribution in [3.63, 3.8) is 0 Å². The average Bonchev–Trinajstić information content (AvgIpc) is 3.32. The molecule has 1 fully saturated rings. The minimum Gasteiger partial charge on any atom is -0.337 e. The number of carbonyl (C=O) groups is 1. The van der Waals surface area contributed by atoms with Crippen LogP contribution >= 0.6 is 22.7 Å². The second kappa shape index (κ2) is 7.75. The molecule has 0 aromatic carbocycles. The summed E-state index contributed by atoms with van der Waals surface area (Å²) in [6.45, 7) is 5.37. The Hall–Kier alpha value is -2.29. The number of piperazine rings is 1. The zero-order valence-corrected chi connectivity index (χ0v) is 16.6. The van der Waals surface area contributed by atoms with Crippen molar-refractivity contribution in [2.45, 2.75) is 13.5 Å². The van der Waals surface area contributed by atoms with Gasteiger partial charge in [-0.15, -0.1) is 22.7 Å². The summed E-state index contributed by atoms with van der Waals surface area (Å²) < 4.78 is 0. The van der Waals surface area contributed by atoms with Gasteiger partial charge >= 0.3 is 0 Å². The average molecular weight is 401 g/mol. The highest BCUT2D eigenvalue weighted by atomic mass is 32.1. The molecule has 6 nitrogen and oxygen atoms in total. The van der Waals surface area contributed by atoms with Crippen LogP contribution < -0.4 is 5.56 Å². The first-order chi connectivity index (χ1) is 13.2. The number of nitrogens with one attached hydrogen (secondary N) is 1. The predicted octanol–water partition coefficient (Wildman–Crippen LogP) is 2.93. The number of aromatic amines is 1. The van der Waals surface area contributed by atoms with Gasteiger partial charge in [0.05, 0.1) is 11.9 Å². The zero-order chi connectivity index (χ0) is 18.8. The van der Waals surface area contributed by atoms with E-state index in [1.54, 1.807) is 23.5 Å². The maximum absolute atomic E-state index is 12.7. The lowest BCUT2D eigenvalue weighted by atomic mass is 10.2. The number of thiophene rings is 2. The number of H-pyrrole nitrogens is 1. The summed E-state index contributed by atoms with van der Waals surface area (Å²) in [7, 11) is 0. The van der Waals surface area contributed by atoms with Gasteiger partial charge in [0.15, 0.2) is 0 Å². The summed E-state index contributed by atoms with van der Waals surface area (Å²) in [5.41, 5.74) is 0.878. The molecule has 3 aromatic rings. The highest BCUT2D eigenvalue weighted by Gasteiger charge is 2.21. The molecule has 0 atom stereocenters. The molecule has 0 spiro atoms. The van der Waals surface area contributed by atoms with Gasteiger partial charge in [-0.05, 0) is 24.4 Å². The quantitative estimate of drug-likeness (QED) is 0.684. The first-order valence-electron chi connectivity index (χ1n) is 8.84. The second-order valence-electron chi connectivity index (χ2n) is 6.42. The Morgan fingerprint density at radius 1 is 1.30 bits per heavy atom. The predicted molar refractivity (Wildman–Crippen MR) is 110 cm³/mol. The fraction of sp³-hybridized carbons (Fsp3) is 0.316. The molecule has 1 amide bonds. The second-order valence-corrected chi connectivity index (χ2v) is 8.23. The molecular weight excluding hydrogens is 380 g/mol. The normalized spacial score (nSPS) is 15.8. The Bertz CT molecular complexity index is 1030. The lowest BCUT2D eigenvalue weighted by Gasteiger charge is -2.33. The Balaban J connectivity index is 1.49. The van der Waals surface area contributed by atoms with Crippen LogP contribution in [0.2, 0.25) is 0 Å². The molecule has 3 aromatic heterocycles. The van der Waals surface area contributed by atoms with E-state index in [1.165, 1.54) is 11.3 Å². The van der Waals surface area contributed by atoms with Gasteiger partial charge in [-0.3, -0.25) is 14.5 Å². The van der Waals surface area contributed by atoms with Crippen molar-refractivity contribution in [1.82, 2.24) is 19.8 Å².